The Hall–Kier alpha value is -0.600. The van der Waals surface area contributed by atoms with Gasteiger partial charge < -0.3 is 20.1 Å². The first-order valence-corrected chi connectivity index (χ1v) is 7.73. The van der Waals surface area contributed by atoms with Crippen LogP contribution in [0, 0.1) is 3.57 Å². The SMILES string of the molecule is OC1CC(Nc2cc(I)cc(N3CCOCC3)n2)C1. The molecule has 19 heavy (non-hydrogen) atoms. The molecule has 0 aromatic carbocycles. The number of anilines is 2. The molecule has 1 saturated heterocycles. The predicted octanol–water partition coefficient (Wildman–Crippen LogP) is 1.46. The number of aromatic nitrogens is 1. The van der Waals surface area contributed by atoms with Crippen LogP contribution in [0.5, 0.6) is 0 Å². The first-order valence-electron chi connectivity index (χ1n) is 6.65. The van der Waals surface area contributed by atoms with E-state index in [2.05, 4.69) is 49.9 Å². The molecule has 0 amide bonds. The summed E-state index contributed by atoms with van der Waals surface area (Å²) in [7, 11) is 0. The summed E-state index contributed by atoms with van der Waals surface area (Å²) in [5.41, 5.74) is 0. The minimum absolute atomic E-state index is 0.140. The van der Waals surface area contributed by atoms with E-state index >= 15 is 0 Å². The van der Waals surface area contributed by atoms with E-state index in [9.17, 15) is 5.11 Å². The van der Waals surface area contributed by atoms with Gasteiger partial charge in [0.25, 0.3) is 0 Å². The second-order valence-electron chi connectivity index (χ2n) is 5.09. The summed E-state index contributed by atoms with van der Waals surface area (Å²) in [4.78, 5) is 6.93. The lowest BCUT2D eigenvalue weighted by molar-refractivity contribution is 0.0835. The Balaban J connectivity index is 1.71. The molecule has 6 heteroatoms. The van der Waals surface area contributed by atoms with Crippen molar-refractivity contribution in [2.75, 3.05) is 36.5 Å². The van der Waals surface area contributed by atoms with Crippen molar-refractivity contribution >= 4 is 34.2 Å². The molecule has 0 unspecified atom stereocenters. The molecule has 1 aromatic rings. The molecule has 2 heterocycles. The summed E-state index contributed by atoms with van der Waals surface area (Å²) in [5, 5.41) is 12.7. The summed E-state index contributed by atoms with van der Waals surface area (Å²) in [5.74, 6) is 1.92. The summed E-state index contributed by atoms with van der Waals surface area (Å²) in [6.07, 6.45) is 1.50. The average Bonchev–Trinajstić information content (AvgIpc) is 2.37. The van der Waals surface area contributed by atoms with Gasteiger partial charge in [0.1, 0.15) is 11.6 Å². The Labute approximate surface area is 126 Å². The lowest BCUT2D eigenvalue weighted by Gasteiger charge is -2.33. The van der Waals surface area contributed by atoms with Crippen LogP contribution < -0.4 is 10.2 Å². The highest BCUT2D eigenvalue weighted by Gasteiger charge is 2.27. The molecule has 1 aromatic heterocycles. The Kier molecular flexibility index (Phi) is 4.09. The van der Waals surface area contributed by atoms with Crippen LogP contribution in [0.1, 0.15) is 12.8 Å². The number of hydrogen-bond acceptors (Lipinski definition) is 5. The molecule has 3 rings (SSSR count). The third-order valence-electron chi connectivity index (χ3n) is 3.58. The maximum absolute atomic E-state index is 9.33. The molecule has 1 aliphatic carbocycles. The molecule has 0 atom stereocenters. The Bertz CT molecular complexity index is 446. The number of nitrogens with zero attached hydrogens (tertiary/aromatic N) is 2. The van der Waals surface area contributed by atoms with Crippen molar-refractivity contribution in [2.24, 2.45) is 0 Å². The van der Waals surface area contributed by atoms with Crippen molar-refractivity contribution < 1.29 is 9.84 Å². The molecule has 0 bridgehead atoms. The van der Waals surface area contributed by atoms with Crippen LogP contribution in [0.25, 0.3) is 0 Å². The van der Waals surface area contributed by atoms with E-state index < -0.39 is 0 Å². The normalized spacial score (nSPS) is 26.9. The van der Waals surface area contributed by atoms with E-state index in [4.69, 9.17) is 4.74 Å². The van der Waals surface area contributed by atoms with Crippen molar-refractivity contribution in [3.63, 3.8) is 0 Å². The van der Waals surface area contributed by atoms with E-state index in [1.807, 2.05) is 0 Å². The van der Waals surface area contributed by atoms with Crippen molar-refractivity contribution in [1.29, 1.82) is 0 Å². The van der Waals surface area contributed by atoms with Crippen LogP contribution in [-0.2, 0) is 4.74 Å². The molecular formula is C13H18IN3O2. The molecule has 104 valence electrons. The fourth-order valence-electron chi connectivity index (χ4n) is 2.43. The summed E-state index contributed by atoms with van der Waals surface area (Å²) in [6, 6.07) is 4.51. The number of hydrogen-bond donors (Lipinski definition) is 2. The number of halogens is 1. The molecule has 0 spiro atoms. The minimum Gasteiger partial charge on any atom is -0.393 e. The van der Waals surface area contributed by atoms with Gasteiger partial charge in [-0.1, -0.05) is 0 Å². The number of nitrogens with one attached hydrogen (secondary N) is 1. The zero-order valence-corrected chi connectivity index (χ0v) is 12.8. The van der Waals surface area contributed by atoms with Crippen LogP contribution in [0.15, 0.2) is 12.1 Å². The molecule has 1 saturated carbocycles. The maximum Gasteiger partial charge on any atom is 0.132 e. The fraction of sp³-hybridized carbons (Fsp3) is 0.615. The molecule has 1 aliphatic heterocycles. The summed E-state index contributed by atoms with van der Waals surface area (Å²) >= 11 is 2.32. The van der Waals surface area contributed by atoms with Gasteiger partial charge in [-0.05, 0) is 47.6 Å². The minimum atomic E-state index is -0.140. The monoisotopic (exact) mass is 375 g/mol. The number of aliphatic hydroxyl groups is 1. The molecule has 2 N–H and O–H groups in total. The Morgan fingerprint density at radius 3 is 2.74 bits per heavy atom. The van der Waals surface area contributed by atoms with E-state index in [0.29, 0.717) is 6.04 Å². The Morgan fingerprint density at radius 2 is 2.05 bits per heavy atom. The predicted molar refractivity (Wildman–Crippen MR) is 82.6 cm³/mol. The number of pyridine rings is 1. The van der Waals surface area contributed by atoms with Gasteiger partial charge in [-0.25, -0.2) is 4.98 Å². The van der Waals surface area contributed by atoms with Gasteiger partial charge in [-0.3, -0.25) is 0 Å². The summed E-state index contributed by atoms with van der Waals surface area (Å²) < 4.78 is 6.55. The van der Waals surface area contributed by atoms with E-state index in [1.165, 1.54) is 3.57 Å². The van der Waals surface area contributed by atoms with Gasteiger partial charge in [0.15, 0.2) is 0 Å². The third-order valence-corrected chi connectivity index (χ3v) is 4.20. The smallest absolute Gasteiger partial charge is 0.132 e. The molecule has 0 radical (unpaired) electrons. The van der Waals surface area contributed by atoms with Gasteiger partial charge in [0.2, 0.25) is 0 Å². The quantitative estimate of drug-likeness (QED) is 0.784. The zero-order valence-electron chi connectivity index (χ0n) is 10.7. The number of ether oxygens (including phenoxy) is 1. The summed E-state index contributed by atoms with van der Waals surface area (Å²) in [6.45, 7) is 3.33. The van der Waals surface area contributed by atoms with Crippen LogP contribution >= 0.6 is 22.6 Å². The van der Waals surface area contributed by atoms with Crippen molar-refractivity contribution in [3.8, 4) is 0 Å². The molecule has 2 fully saturated rings. The number of morpholine rings is 1. The second kappa shape index (κ2) is 5.80. The van der Waals surface area contributed by atoms with Gasteiger partial charge in [-0.2, -0.15) is 0 Å². The third kappa shape index (κ3) is 3.29. The molecular weight excluding hydrogens is 357 g/mol. The first-order chi connectivity index (χ1) is 9.20. The first kappa shape index (κ1) is 13.4. The van der Waals surface area contributed by atoms with Crippen LogP contribution in [0.3, 0.4) is 0 Å². The lowest BCUT2D eigenvalue weighted by atomic mass is 9.89. The van der Waals surface area contributed by atoms with Gasteiger partial charge in [-0.15, -0.1) is 0 Å². The van der Waals surface area contributed by atoms with Gasteiger partial charge in [0, 0.05) is 22.7 Å². The highest BCUT2D eigenvalue weighted by molar-refractivity contribution is 14.1. The van der Waals surface area contributed by atoms with Crippen molar-refractivity contribution in [3.05, 3.63) is 15.7 Å². The molecule has 5 nitrogen and oxygen atoms in total. The molecule has 2 aliphatic rings. The highest BCUT2D eigenvalue weighted by atomic mass is 127. The van der Waals surface area contributed by atoms with Gasteiger partial charge in [0.05, 0.1) is 19.3 Å². The van der Waals surface area contributed by atoms with Gasteiger partial charge >= 0.3 is 0 Å². The van der Waals surface area contributed by atoms with Crippen molar-refractivity contribution in [1.82, 2.24) is 4.98 Å². The largest absolute Gasteiger partial charge is 0.393 e. The van der Waals surface area contributed by atoms with E-state index in [0.717, 1.165) is 50.8 Å². The number of aliphatic hydroxyl groups excluding tert-OH is 1. The van der Waals surface area contributed by atoms with Crippen LogP contribution in [0.4, 0.5) is 11.6 Å². The standard InChI is InChI=1S/C13H18IN3O2/c14-9-5-12(15-10-7-11(18)8-10)16-13(6-9)17-1-3-19-4-2-17/h5-6,10-11,18H,1-4,7-8H2,(H,15,16). The zero-order chi connectivity index (χ0) is 13.2. The lowest BCUT2D eigenvalue weighted by Crippen LogP contribution is -2.39. The van der Waals surface area contributed by atoms with E-state index in [-0.39, 0.29) is 6.10 Å². The average molecular weight is 375 g/mol. The fourth-order valence-corrected chi connectivity index (χ4v) is 3.00. The van der Waals surface area contributed by atoms with Crippen molar-refractivity contribution in [2.45, 2.75) is 25.0 Å². The highest BCUT2D eigenvalue weighted by Crippen LogP contribution is 2.26. The van der Waals surface area contributed by atoms with Crippen LogP contribution in [-0.4, -0.2) is 48.5 Å². The Morgan fingerprint density at radius 1 is 1.32 bits per heavy atom. The second-order valence-corrected chi connectivity index (χ2v) is 6.34. The topological polar surface area (TPSA) is 57.6 Å². The number of rotatable bonds is 3. The van der Waals surface area contributed by atoms with E-state index in [1.54, 1.807) is 0 Å². The maximum atomic E-state index is 9.33. The van der Waals surface area contributed by atoms with Crippen LogP contribution in [0.2, 0.25) is 0 Å².